The van der Waals surface area contributed by atoms with E-state index in [0.717, 1.165) is 12.8 Å². The monoisotopic (exact) mass is 515 g/mol. The number of carbonyl (C=O) groups is 2. The van der Waals surface area contributed by atoms with Gasteiger partial charge < -0.3 is 14.5 Å². The van der Waals surface area contributed by atoms with Gasteiger partial charge in [-0.1, -0.05) is 60.3 Å². The number of fused-ring (bicyclic) bond motifs is 1. The Bertz CT molecular complexity index is 1340. The van der Waals surface area contributed by atoms with Gasteiger partial charge in [-0.15, -0.1) is 0 Å². The van der Waals surface area contributed by atoms with Crippen LogP contribution in [0.3, 0.4) is 0 Å². The second-order valence-electron chi connectivity index (χ2n) is 7.56. The molecule has 34 heavy (non-hydrogen) atoms. The number of hydrogen-bond acceptors (Lipinski definition) is 4. The van der Waals surface area contributed by atoms with Gasteiger partial charge in [-0.25, -0.2) is 0 Å². The molecule has 4 aromatic rings. The van der Waals surface area contributed by atoms with Crippen LogP contribution in [-0.2, 0) is 0 Å². The fraction of sp³-hybridized carbons (Fsp3) is 0.154. The quantitative estimate of drug-likeness (QED) is 0.190. The number of nitrogens with one attached hydrogen (secondary N) is 1. The lowest BCUT2D eigenvalue weighted by Crippen LogP contribution is -2.14. The number of halogens is 3. The standard InChI is InChI=1S/C26H20Cl3NO4/c1-2-3-12-33-24-19(28)13-16(14-20(24)29)26(32)30-22-18-6-4-5-7-21(18)34-25(22)23(31)15-8-10-17(27)11-9-15/h4-11,13-14H,2-3,12H2,1H3,(H,30,32). The number of unbranched alkanes of at least 4 members (excludes halogenated alkanes) is 1. The van der Waals surface area contributed by atoms with Crippen molar-refractivity contribution in [2.24, 2.45) is 0 Å². The summed E-state index contributed by atoms with van der Waals surface area (Å²) in [5.41, 5.74) is 1.31. The molecule has 174 valence electrons. The van der Waals surface area contributed by atoms with Crippen LogP contribution in [0.2, 0.25) is 15.1 Å². The number of ether oxygens (including phenoxy) is 1. The molecule has 4 rings (SSSR count). The van der Waals surface area contributed by atoms with E-state index in [1.165, 1.54) is 12.1 Å². The maximum Gasteiger partial charge on any atom is 0.255 e. The van der Waals surface area contributed by atoms with Crippen molar-refractivity contribution in [2.45, 2.75) is 19.8 Å². The van der Waals surface area contributed by atoms with Crippen molar-refractivity contribution in [3.05, 3.63) is 92.6 Å². The van der Waals surface area contributed by atoms with Crippen LogP contribution in [0, 0.1) is 0 Å². The SMILES string of the molecule is CCCCOc1c(Cl)cc(C(=O)Nc2c(C(=O)c3ccc(Cl)cc3)oc3ccccc23)cc1Cl. The molecule has 0 spiro atoms. The van der Waals surface area contributed by atoms with E-state index < -0.39 is 5.91 Å². The molecule has 0 aliphatic rings. The number of amides is 1. The highest BCUT2D eigenvalue weighted by molar-refractivity contribution is 6.38. The summed E-state index contributed by atoms with van der Waals surface area (Å²) in [6.07, 6.45) is 1.82. The van der Waals surface area contributed by atoms with E-state index in [0.29, 0.717) is 33.9 Å². The lowest BCUT2D eigenvalue weighted by atomic mass is 10.1. The highest BCUT2D eigenvalue weighted by atomic mass is 35.5. The number of ketones is 1. The van der Waals surface area contributed by atoms with Gasteiger partial charge >= 0.3 is 0 Å². The smallest absolute Gasteiger partial charge is 0.255 e. The third kappa shape index (κ3) is 5.07. The largest absolute Gasteiger partial charge is 0.490 e. The summed E-state index contributed by atoms with van der Waals surface area (Å²) in [6.45, 7) is 2.52. The Balaban J connectivity index is 1.68. The van der Waals surface area contributed by atoms with Crippen LogP contribution in [0.1, 0.15) is 46.2 Å². The third-order valence-electron chi connectivity index (χ3n) is 5.15. The number of rotatable bonds is 8. The van der Waals surface area contributed by atoms with Gasteiger partial charge in [-0.05, 0) is 55.0 Å². The minimum Gasteiger partial charge on any atom is -0.490 e. The highest BCUT2D eigenvalue weighted by Crippen LogP contribution is 2.36. The second-order valence-corrected chi connectivity index (χ2v) is 8.81. The fourth-order valence-corrected chi connectivity index (χ4v) is 4.12. The maximum atomic E-state index is 13.2. The molecule has 0 radical (unpaired) electrons. The Kier molecular flexibility index (Phi) is 7.47. The summed E-state index contributed by atoms with van der Waals surface area (Å²) >= 11 is 18.6. The van der Waals surface area contributed by atoms with Crippen molar-refractivity contribution < 1.29 is 18.7 Å². The molecule has 1 N–H and O–H groups in total. The zero-order chi connectivity index (χ0) is 24.2. The first-order valence-corrected chi connectivity index (χ1v) is 11.8. The van der Waals surface area contributed by atoms with E-state index in [2.05, 4.69) is 5.32 Å². The minimum absolute atomic E-state index is 0.00795. The van der Waals surface area contributed by atoms with Crippen molar-refractivity contribution in [1.82, 2.24) is 0 Å². The molecule has 1 aromatic heterocycles. The second kappa shape index (κ2) is 10.5. The van der Waals surface area contributed by atoms with E-state index in [9.17, 15) is 9.59 Å². The Hall–Kier alpha value is -2.99. The van der Waals surface area contributed by atoms with Crippen LogP contribution in [-0.4, -0.2) is 18.3 Å². The first kappa shape index (κ1) is 24.1. The molecule has 0 fully saturated rings. The van der Waals surface area contributed by atoms with Crippen molar-refractivity contribution in [2.75, 3.05) is 11.9 Å². The average molecular weight is 517 g/mol. The Labute approximate surface area is 211 Å². The number of para-hydroxylation sites is 1. The lowest BCUT2D eigenvalue weighted by molar-refractivity contribution is 0.101. The Morgan fingerprint density at radius 1 is 0.941 bits per heavy atom. The molecule has 0 unspecified atom stereocenters. The van der Waals surface area contributed by atoms with Crippen LogP contribution in [0.5, 0.6) is 5.75 Å². The summed E-state index contributed by atoms with van der Waals surface area (Å²) in [5.74, 6) is -0.547. The number of furan rings is 1. The van der Waals surface area contributed by atoms with E-state index in [1.807, 2.05) is 6.92 Å². The molecule has 3 aromatic carbocycles. The molecule has 0 aliphatic carbocycles. The molecule has 0 saturated carbocycles. The van der Waals surface area contributed by atoms with Crippen molar-refractivity contribution >= 4 is 63.1 Å². The zero-order valence-electron chi connectivity index (χ0n) is 18.2. The summed E-state index contributed by atoms with van der Waals surface area (Å²) < 4.78 is 11.5. The average Bonchev–Trinajstić information content (AvgIpc) is 3.19. The molecule has 5 nitrogen and oxygen atoms in total. The van der Waals surface area contributed by atoms with Gasteiger partial charge in [-0.3, -0.25) is 9.59 Å². The van der Waals surface area contributed by atoms with Crippen LogP contribution < -0.4 is 10.1 Å². The van der Waals surface area contributed by atoms with Gasteiger partial charge in [0, 0.05) is 21.5 Å². The zero-order valence-corrected chi connectivity index (χ0v) is 20.4. The Morgan fingerprint density at radius 3 is 2.29 bits per heavy atom. The van der Waals surface area contributed by atoms with E-state index in [-0.39, 0.29) is 32.8 Å². The molecule has 0 aliphatic heterocycles. The van der Waals surface area contributed by atoms with E-state index >= 15 is 0 Å². The summed E-state index contributed by atoms with van der Waals surface area (Å²) in [7, 11) is 0. The topological polar surface area (TPSA) is 68.5 Å². The molecular formula is C26H20Cl3NO4. The molecule has 1 heterocycles. The normalized spacial score (nSPS) is 10.9. The molecule has 0 saturated heterocycles. The van der Waals surface area contributed by atoms with Gasteiger partial charge in [0.05, 0.1) is 22.3 Å². The van der Waals surface area contributed by atoms with Gasteiger partial charge in [-0.2, -0.15) is 0 Å². The summed E-state index contributed by atoms with van der Waals surface area (Å²) in [4.78, 5) is 26.3. The molecule has 0 atom stereocenters. The minimum atomic E-state index is -0.499. The van der Waals surface area contributed by atoms with Gasteiger partial charge in [0.2, 0.25) is 5.78 Å². The van der Waals surface area contributed by atoms with Crippen LogP contribution >= 0.6 is 34.8 Å². The molecular weight excluding hydrogens is 497 g/mol. The van der Waals surface area contributed by atoms with Crippen LogP contribution in [0.15, 0.2) is 65.1 Å². The first-order valence-electron chi connectivity index (χ1n) is 10.6. The predicted octanol–water partition coefficient (Wildman–Crippen LogP) is 8.06. The van der Waals surface area contributed by atoms with Crippen LogP contribution in [0.4, 0.5) is 5.69 Å². The van der Waals surface area contributed by atoms with Gasteiger partial charge in [0.25, 0.3) is 5.91 Å². The summed E-state index contributed by atoms with van der Waals surface area (Å²) in [6, 6.07) is 16.4. The van der Waals surface area contributed by atoms with E-state index in [1.54, 1.807) is 48.5 Å². The highest BCUT2D eigenvalue weighted by Gasteiger charge is 2.24. The van der Waals surface area contributed by atoms with Crippen molar-refractivity contribution in [1.29, 1.82) is 0 Å². The summed E-state index contributed by atoms with van der Waals surface area (Å²) in [5, 5.41) is 4.34. The number of carbonyl (C=O) groups excluding carboxylic acids is 2. The lowest BCUT2D eigenvalue weighted by Gasteiger charge is -2.12. The first-order chi connectivity index (χ1) is 16.4. The molecule has 0 bridgehead atoms. The number of hydrogen-bond donors (Lipinski definition) is 1. The van der Waals surface area contributed by atoms with Crippen molar-refractivity contribution in [3.63, 3.8) is 0 Å². The number of benzene rings is 3. The van der Waals surface area contributed by atoms with E-state index in [4.69, 9.17) is 44.0 Å². The van der Waals surface area contributed by atoms with Gasteiger partial charge in [0.1, 0.15) is 5.58 Å². The number of anilines is 1. The maximum absolute atomic E-state index is 13.2. The fourth-order valence-electron chi connectivity index (χ4n) is 3.39. The molecule has 1 amide bonds. The van der Waals surface area contributed by atoms with Gasteiger partial charge in [0.15, 0.2) is 11.5 Å². The molecule has 8 heteroatoms. The third-order valence-corrected chi connectivity index (χ3v) is 5.96. The predicted molar refractivity (Wildman–Crippen MR) is 136 cm³/mol. The Morgan fingerprint density at radius 2 is 1.62 bits per heavy atom. The van der Waals surface area contributed by atoms with Crippen molar-refractivity contribution in [3.8, 4) is 5.75 Å². The van der Waals surface area contributed by atoms with Crippen LogP contribution in [0.25, 0.3) is 11.0 Å².